The van der Waals surface area contributed by atoms with Crippen LogP contribution in [0.25, 0.3) is 94.3 Å². The van der Waals surface area contributed by atoms with Crippen LogP contribution in [0, 0.1) is 0 Å². The molecule has 46 heavy (non-hydrogen) atoms. The minimum Gasteiger partial charge on any atom is -0.144 e. The van der Waals surface area contributed by atoms with E-state index in [4.69, 9.17) is 0 Å². The van der Waals surface area contributed by atoms with Crippen LogP contribution in [0.4, 0.5) is 0 Å². The first-order valence-corrected chi connectivity index (χ1v) is 18.7. The van der Waals surface area contributed by atoms with Crippen LogP contribution >= 0.6 is 45.3 Å². The van der Waals surface area contributed by atoms with Crippen molar-refractivity contribution >= 4 is 96.5 Å². The van der Waals surface area contributed by atoms with Gasteiger partial charge in [0, 0.05) is 39.3 Å². The van der Waals surface area contributed by atoms with Gasteiger partial charge in [-0.05, 0) is 102 Å². The molecule has 0 radical (unpaired) electrons. The molecular formula is C42H24S4. The Balaban J connectivity index is 0.981. The number of rotatable bonds is 4. The second-order valence-corrected chi connectivity index (χ2v) is 15.8. The third-order valence-electron chi connectivity index (χ3n) is 9.08. The number of thiophene rings is 4. The van der Waals surface area contributed by atoms with E-state index < -0.39 is 0 Å². The van der Waals surface area contributed by atoms with Gasteiger partial charge in [0.2, 0.25) is 0 Å². The Labute approximate surface area is 282 Å². The van der Waals surface area contributed by atoms with E-state index in [1.54, 1.807) is 22.7 Å². The molecule has 4 heterocycles. The van der Waals surface area contributed by atoms with Crippen LogP contribution in [-0.4, -0.2) is 0 Å². The van der Waals surface area contributed by atoms with E-state index in [0.29, 0.717) is 0 Å². The molecule has 0 fully saturated rings. The van der Waals surface area contributed by atoms with Crippen LogP contribution in [0.3, 0.4) is 0 Å². The summed E-state index contributed by atoms with van der Waals surface area (Å²) in [7, 11) is 0. The van der Waals surface area contributed by atoms with Gasteiger partial charge in [-0.3, -0.25) is 0 Å². The number of hydrogen-bond acceptors (Lipinski definition) is 4. The molecule has 0 atom stereocenters. The summed E-state index contributed by atoms with van der Waals surface area (Å²) in [6, 6.07) is 50.0. The third-order valence-corrected chi connectivity index (χ3v) is 13.3. The van der Waals surface area contributed by atoms with Gasteiger partial charge in [-0.15, -0.1) is 45.3 Å². The summed E-state index contributed by atoms with van der Waals surface area (Å²) in [5, 5.41) is 12.3. The molecule has 216 valence electrons. The van der Waals surface area contributed by atoms with Crippen molar-refractivity contribution in [2.75, 3.05) is 0 Å². The lowest BCUT2D eigenvalue weighted by Gasteiger charge is -2.04. The number of fused-ring (bicyclic) bond motifs is 7. The summed E-state index contributed by atoms with van der Waals surface area (Å²) in [5.74, 6) is 0. The summed E-state index contributed by atoms with van der Waals surface area (Å²) in [5.41, 5.74) is 7.61. The average molecular weight is 657 g/mol. The molecule has 4 heteroatoms. The van der Waals surface area contributed by atoms with Crippen molar-refractivity contribution in [3.8, 4) is 43.1 Å². The Morgan fingerprint density at radius 1 is 0.304 bits per heavy atom. The van der Waals surface area contributed by atoms with Gasteiger partial charge >= 0.3 is 0 Å². The maximum absolute atomic E-state index is 2.36. The smallest absolute Gasteiger partial charge is 0.0428 e. The van der Waals surface area contributed by atoms with Crippen LogP contribution in [-0.2, 0) is 0 Å². The SMILES string of the molecule is c1cc2ccc(-c3ccc(-c4cc5ccc6c(ccc7cc(-c8ccc(-c9ccc%10ccsc%10c9)cc8)sc76)c5s4)cc3)cc2s1. The van der Waals surface area contributed by atoms with Crippen molar-refractivity contribution in [1.82, 2.24) is 0 Å². The van der Waals surface area contributed by atoms with E-state index >= 15 is 0 Å². The molecule has 0 bridgehead atoms. The van der Waals surface area contributed by atoms with Gasteiger partial charge in [-0.1, -0.05) is 97.1 Å². The monoisotopic (exact) mass is 656 g/mol. The molecule has 6 aromatic carbocycles. The van der Waals surface area contributed by atoms with Gasteiger partial charge in [0.25, 0.3) is 0 Å². The van der Waals surface area contributed by atoms with Crippen molar-refractivity contribution in [2.24, 2.45) is 0 Å². The Hall–Kier alpha value is -4.58. The zero-order chi connectivity index (χ0) is 30.2. The van der Waals surface area contributed by atoms with Crippen LogP contribution < -0.4 is 0 Å². The summed E-state index contributed by atoms with van der Waals surface area (Å²) in [4.78, 5) is 2.63. The maximum atomic E-state index is 2.36. The first-order chi connectivity index (χ1) is 22.7. The van der Waals surface area contributed by atoms with E-state index in [0.717, 1.165) is 0 Å². The third kappa shape index (κ3) is 4.37. The number of hydrogen-bond donors (Lipinski definition) is 0. The maximum Gasteiger partial charge on any atom is 0.0428 e. The Bertz CT molecular complexity index is 2540. The molecule has 4 aromatic heterocycles. The molecule has 0 amide bonds. The van der Waals surface area contributed by atoms with Crippen LogP contribution in [0.5, 0.6) is 0 Å². The zero-order valence-electron chi connectivity index (χ0n) is 24.5. The minimum absolute atomic E-state index is 1.26. The van der Waals surface area contributed by atoms with Crippen LogP contribution in [0.2, 0.25) is 0 Å². The quantitative estimate of drug-likeness (QED) is 0.177. The summed E-state index contributed by atoms with van der Waals surface area (Å²) >= 11 is 7.41. The Morgan fingerprint density at radius 2 is 0.696 bits per heavy atom. The zero-order valence-corrected chi connectivity index (χ0v) is 27.8. The fourth-order valence-electron chi connectivity index (χ4n) is 6.61. The summed E-state index contributed by atoms with van der Waals surface area (Å²) < 4.78 is 5.41. The molecule has 0 aliphatic rings. The molecule has 0 spiro atoms. The largest absolute Gasteiger partial charge is 0.144 e. The van der Waals surface area contributed by atoms with Crippen molar-refractivity contribution in [2.45, 2.75) is 0 Å². The molecule has 10 aromatic rings. The summed E-state index contributed by atoms with van der Waals surface area (Å²) in [6.45, 7) is 0. The van der Waals surface area contributed by atoms with Gasteiger partial charge in [-0.25, -0.2) is 0 Å². The van der Waals surface area contributed by atoms with Crippen molar-refractivity contribution in [1.29, 1.82) is 0 Å². The molecule has 0 aliphatic carbocycles. The van der Waals surface area contributed by atoms with Crippen molar-refractivity contribution in [3.05, 3.63) is 144 Å². The van der Waals surface area contributed by atoms with Crippen LogP contribution in [0.1, 0.15) is 0 Å². The van der Waals surface area contributed by atoms with Gasteiger partial charge in [-0.2, -0.15) is 0 Å². The van der Waals surface area contributed by atoms with E-state index in [1.165, 1.54) is 94.3 Å². The fourth-order valence-corrected chi connectivity index (χ4v) is 10.6. The number of benzene rings is 6. The molecule has 0 saturated heterocycles. The van der Waals surface area contributed by atoms with Crippen molar-refractivity contribution < 1.29 is 0 Å². The highest BCUT2D eigenvalue weighted by Crippen LogP contribution is 2.43. The second-order valence-electron chi connectivity index (χ2n) is 11.8. The second kappa shape index (κ2) is 10.5. The highest BCUT2D eigenvalue weighted by atomic mass is 32.1. The van der Waals surface area contributed by atoms with Crippen molar-refractivity contribution in [3.63, 3.8) is 0 Å². The highest BCUT2D eigenvalue weighted by molar-refractivity contribution is 7.24. The lowest BCUT2D eigenvalue weighted by molar-refractivity contribution is 1.65. The summed E-state index contributed by atoms with van der Waals surface area (Å²) in [6.07, 6.45) is 0. The molecule has 10 rings (SSSR count). The standard InChI is InChI=1S/C42H24S4/c1-5-27(6-2-25(1)31-11-9-29-17-19-43-37(29)21-31)39-23-33-13-15-36-35(41(33)45-39)16-14-34-24-40(46-42(34)36)28-7-3-26(4-8-28)32-12-10-30-18-20-44-38(30)22-32/h1-24H. The average Bonchev–Trinajstić information content (AvgIpc) is 3.93. The molecule has 0 saturated carbocycles. The van der Waals surface area contributed by atoms with E-state index in [-0.39, 0.29) is 0 Å². The fraction of sp³-hybridized carbons (Fsp3) is 0. The van der Waals surface area contributed by atoms with Gasteiger partial charge < -0.3 is 0 Å². The van der Waals surface area contributed by atoms with E-state index in [9.17, 15) is 0 Å². The first-order valence-electron chi connectivity index (χ1n) is 15.3. The molecular weight excluding hydrogens is 633 g/mol. The van der Waals surface area contributed by atoms with Gasteiger partial charge in [0.1, 0.15) is 0 Å². The highest BCUT2D eigenvalue weighted by Gasteiger charge is 2.13. The molecule has 0 aliphatic heterocycles. The van der Waals surface area contributed by atoms with E-state index in [2.05, 4.69) is 144 Å². The molecule has 0 unspecified atom stereocenters. The lowest BCUT2D eigenvalue weighted by Crippen LogP contribution is -1.78. The normalized spacial score (nSPS) is 11.9. The first kappa shape index (κ1) is 26.6. The molecule has 0 N–H and O–H groups in total. The van der Waals surface area contributed by atoms with Gasteiger partial charge in [0.15, 0.2) is 0 Å². The topological polar surface area (TPSA) is 0 Å². The Kier molecular flexibility index (Phi) is 6.06. The Morgan fingerprint density at radius 3 is 1.15 bits per heavy atom. The van der Waals surface area contributed by atoms with Crippen LogP contribution in [0.15, 0.2) is 144 Å². The molecule has 0 nitrogen and oxygen atoms in total. The predicted octanol–water partition coefficient (Wildman–Crippen LogP) is 14.4. The predicted molar refractivity (Wildman–Crippen MR) is 207 cm³/mol. The van der Waals surface area contributed by atoms with E-state index in [1.807, 2.05) is 22.7 Å². The lowest BCUT2D eigenvalue weighted by atomic mass is 10.0. The van der Waals surface area contributed by atoms with Gasteiger partial charge in [0.05, 0.1) is 0 Å². The minimum atomic E-state index is 1.26.